The van der Waals surface area contributed by atoms with Crippen LogP contribution in [0.15, 0.2) is 36.4 Å². The molecule has 0 aliphatic carbocycles. The number of carbonyl (C=O) groups excluding carboxylic acids is 2. The van der Waals surface area contributed by atoms with Crippen LogP contribution >= 0.6 is 0 Å². The van der Waals surface area contributed by atoms with Gasteiger partial charge in [0.2, 0.25) is 0 Å². The van der Waals surface area contributed by atoms with E-state index in [0.29, 0.717) is 11.4 Å². The fraction of sp³-hybridized carbons (Fsp3) is 0.333. The van der Waals surface area contributed by atoms with Crippen LogP contribution in [0.2, 0.25) is 0 Å². The molecule has 148 valence electrons. The summed E-state index contributed by atoms with van der Waals surface area (Å²) < 4.78 is 5.19. The van der Waals surface area contributed by atoms with E-state index in [1.54, 1.807) is 12.1 Å². The van der Waals surface area contributed by atoms with E-state index in [1.807, 2.05) is 38.2 Å². The van der Waals surface area contributed by atoms with Gasteiger partial charge in [0.05, 0.1) is 18.9 Å². The van der Waals surface area contributed by atoms with Crippen molar-refractivity contribution in [3.8, 4) is 5.75 Å². The van der Waals surface area contributed by atoms with Gasteiger partial charge in [0.25, 0.3) is 0 Å². The molecule has 1 atom stereocenters. The molecule has 28 heavy (non-hydrogen) atoms. The second kappa shape index (κ2) is 8.31. The van der Waals surface area contributed by atoms with E-state index in [4.69, 9.17) is 4.74 Å². The quantitative estimate of drug-likeness (QED) is 0.685. The van der Waals surface area contributed by atoms with Gasteiger partial charge in [0.15, 0.2) is 0 Å². The van der Waals surface area contributed by atoms with Crippen molar-refractivity contribution in [3.63, 3.8) is 0 Å². The molecule has 0 bridgehead atoms. The average Bonchev–Trinajstić information content (AvgIpc) is 3.06. The molecule has 2 amide bonds. The number of nitrogens with zero attached hydrogens (tertiary/aromatic N) is 1. The second-order valence-corrected chi connectivity index (χ2v) is 6.94. The van der Waals surface area contributed by atoms with Gasteiger partial charge in [-0.15, -0.1) is 0 Å². The lowest BCUT2D eigenvalue weighted by atomic mass is 10.0. The number of hydrogen-bond donors (Lipinski definition) is 3. The van der Waals surface area contributed by atoms with Gasteiger partial charge in [-0.25, -0.2) is 0 Å². The van der Waals surface area contributed by atoms with Gasteiger partial charge in [0, 0.05) is 25.8 Å². The highest BCUT2D eigenvalue weighted by molar-refractivity contribution is 6.39. The van der Waals surface area contributed by atoms with Crippen LogP contribution in [-0.2, 0) is 16.0 Å². The summed E-state index contributed by atoms with van der Waals surface area (Å²) in [5, 5.41) is 15.4. The fourth-order valence-electron chi connectivity index (χ4n) is 3.28. The molecule has 0 fully saturated rings. The third kappa shape index (κ3) is 4.26. The maximum atomic E-state index is 12.2. The van der Waals surface area contributed by atoms with Gasteiger partial charge in [-0.3, -0.25) is 9.59 Å². The maximum Gasteiger partial charge on any atom is 0.313 e. The van der Waals surface area contributed by atoms with Crippen LogP contribution in [0.4, 0.5) is 11.4 Å². The molecule has 1 aliphatic heterocycles. The molecule has 2 aromatic carbocycles. The summed E-state index contributed by atoms with van der Waals surface area (Å²) in [6.45, 7) is 2.78. The molecule has 1 heterocycles. The average molecular weight is 383 g/mol. The molecular formula is C21H25N3O4. The van der Waals surface area contributed by atoms with Gasteiger partial charge in [-0.1, -0.05) is 18.2 Å². The molecule has 0 aromatic heterocycles. The Kier molecular flexibility index (Phi) is 5.84. The smallest absolute Gasteiger partial charge is 0.313 e. The highest BCUT2D eigenvalue weighted by Crippen LogP contribution is 2.29. The fourth-order valence-corrected chi connectivity index (χ4v) is 3.28. The van der Waals surface area contributed by atoms with Crippen molar-refractivity contribution in [1.29, 1.82) is 0 Å². The van der Waals surface area contributed by atoms with Gasteiger partial charge in [-0.2, -0.15) is 0 Å². The highest BCUT2D eigenvalue weighted by atomic mass is 16.5. The molecule has 0 saturated carbocycles. The second-order valence-electron chi connectivity index (χ2n) is 6.94. The van der Waals surface area contributed by atoms with Crippen molar-refractivity contribution in [3.05, 3.63) is 53.1 Å². The first kappa shape index (κ1) is 19.7. The molecule has 0 radical (unpaired) electrons. The van der Waals surface area contributed by atoms with Crippen molar-refractivity contribution < 1.29 is 19.4 Å². The van der Waals surface area contributed by atoms with Crippen LogP contribution in [-0.4, -0.2) is 44.2 Å². The Balaban J connectivity index is 1.58. The van der Waals surface area contributed by atoms with Crippen molar-refractivity contribution >= 4 is 23.2 Å². The van der Waals surface area contributed by atoms with Crippen LogP contribution in [0, 0.1) is 6.92 Å². The number of ether oxygens (including phenoxy) is 1. The summed E-state index contributed by atoms with van der Waals surface area (Å²) in [7, 11) is 3.52. The first-order chi connectivity index (χ1) is 13.4. The first-order valence-corrected chi connectivity index (χ1v) is 9.15. The molecule has 1 aliphatic rings. The number of rotatable bonds is 5. The van der Waals surface area contributed by atoms with E-state index in [0.717, 1.165) is 29.8 Å². The highest BCUT2D eigenvalue weighted by Gasteiger charge is 2.20. The van der Waals surface area contributed by atoms with E-state index < -0.39 is 17.9 Å². The molecule has 3 rings (SSSR count). The molecule has 3 N–H and O–H groups in total. The number of aliphatic hydroxyl groups excluding tert-OH is 1. The Morgan fingerprint density at radius 1 is 1.21 bits per heavy atom. The van der Waals surface area contributed by atoms with Crippen LogP contribution in [0.3, 0.4) is 0 Å². The van der Waals surface area contributed by atoms with Crippen molar-refractivity contribution in [2.45, 2.75) is 19.4 Å². The monoisotopic (exact) mass is 383 g/mol. The summed E-state index contributed by atoms with van der Waals surface area (Å²) in [5.74, 6) is -1.16. The minimum Gasteiger partial charge on any atom is -0.495 e. The van der Waals surface area contributed by atoms with Gasteiger partial charge in [-0.05, 0) is 48.2 Å². The summed E-state index contributed by atoms with van der Waals surface area (Å²) in [5.41, 5.74) is 4.40. The number of methoxy groups -OCH3 is 1. The number of anilines is 2. The number of fused-ring (bicyclic) bond motifs is 1. The minimum absolute atomic E-state index is 0.0498. The summed E-state index contributed by atoms with van der Waals surface area (Å²) in [6.07, 6.45) is 0.0425. The Bertz CT molecular complexity index is 897. The van der Waals surface area contributed by atoms with Crippen LogP contribution < -0.4 is 20.3 Å². The largest absolute Gasteiger partial charge is 0.495 e. The maximum absolute atomic E-state index is 12.2. The van der Waals surface area contributed by atoms with Crippen molar-refractivity contribution in [2.24, 2.45) is 0 Å². The third-order valence-electron chi connectivity index (χ3n) is 4.88. The van der Waals surface area contributed by atoms with Gasteiger partial charge >= 0.3 is 11.8 Å². The zero-order chi connectivity index (χ0) is 20.3. The van der Waals surface area contributed by atoms with Crippen molar-refractivity contribution in [1.82, 2.24) is 5.32 Å². The van der Waals surface area contributed by atoms with E-state index in [1.165, 1.54) is 12.7 Å². The van der Waals surface area contributed by atoms with Crippen LogP contribution in [0.5, 0.6) is 5.75 Å². The minimum atomic E-state index is -0.888. The topological polar surface area (TPSA) is 90.9 Å². The standard InChI is InChI=1S/C21H25N3O4/c1-13-4-7-19(28-3)16(10-13)23-21(27)20(26)22-12-18(25)15-5-6-17-14(11-15)8-9-24(17)2/h4-7,10-11,18,25H,8-9,12H2,1-3H3,(H,22,26)(H,23,27). The Morgan fingerprint density at radius 2 is 2.00 bits per heavy atom. The molecular weight excluding hydrogens is 358 g/mol. The van der Waals surface area contributed by atoms with Crippen LogP contribution in [0.25, 0.3) is 0 Å². The molecule has 1 unspecified atom stereocenters. The predicted molar refractivity (Wildman–Crippen MR) is 108 cm³/mol. The van der Waals surface area contributed by atoms with Gasteiger partial charge < -0.3 is 25.4 Å². The molecule has 0 saturated heterocycles. The summed E-state index contributed by atoms with van der Waals surface area (Å²) in [4.78, 5) is 26.4. The number of benzene rings is 2. The zero-order valence-electron chi connectivity index (χ0n) is 16.3. The predicted octanol–water partition coefficient (Wildman–Crippen LogP) is 1.78. The molecule has 2 aromatic rings. The molecule has 0 spiro atoms. The van der Waals surface area contributed by atoms with Crippen molar-refractivity contribution in [2.75, 3.05) is 37.5 Å². The number of nitrogens with one attached hydrogen (secondary N) is 2. The normalized spacial score (nSPS) is 13.6. The number of aliphatic hydroxyl groups is 1. The molecule has 7 nitrogen and oxygen atoms in total. The summed E-state index contributed by atoms with van der Waals surface area (Å²) >= 11 is 0. The Labute approximate surface area is 164 Å². The van der Waals surface area contributed by atoms with E-state index >= 15 is 0 Å². The number of amides is 2. The lowest BCUT2D eigenvalue weighted by molar-refractivity contribution is -0.136. The Morgan fingerprint density at radius 3 is 2.75 bits per heavy atom. The number of hydrogen-bond acceptors (Lipinski definition) is 5. The molecule has 7 heteroatoms. The van der Waals surface area contributed by atoms with Crippen LogP contribution in [0.1, 0.15) is 22.8 Å². The number of likely N-dealkylation sites (N-methyl/N-ethyl adjacent to an activating group) is 1. The van der Waals surface area contributed by atoms with E-state index in [2.05, 4.69) is 15.5 Å². The number of aryl methyl sites for hydroxylation is 1. The summed E-state index contributed by atoms with van der Waals surface area (Å²) in [6, 6.07) is 11.1. The lowest BCUT2D eigenvalue weighted by Crippen LogP contribution is -2.37. The Hall–Kier alpha value is -3.06. The third-order valence-corrected chi connectivity index (χ3v) is 4.88. The first-order valence-electron chi connectivity index (χ1n) is 9.15. The van der Waals surface area contributed by atoms with Gasteiger partial charge in [0.1, 0.15) is 5.75 Å². The van der Waals surface area contributed by atoms with E-state index in [-0.39, 0.29) is 6.54 Å². The van der Waals surface area contributed by atoms with E-state index in [9.17, 15) is 14.7 Å². The zero-order valence-corrected chi connectivity index (χ0v) is 16.3. The lowest BCUT2D eigenvalue weighted by Gasteiger charge is -2.16. The SMILES string of the molecule is COc1ccc(C)cc1NC(=O)C(=O)NCC(O)c1ccc2c(c1)CCN2C. The number of carbonyl (C=O) groups is 2.